The van der Waals surface area contributed by atoms with Crippen LogP contribution in [0.15, 0.2) is 28.7 Å². The summed E-state index contributed by atoms with van der Waals surface area (Å²) in [5.74, 6) is -0.429. The van der Waals surface area contributed by atoms with Crippen LogP contribution in [0.4, 0.5) is 0 Å². The van der Waals surface area contributed by atoms with Crippen molar-refractivity contribution in [2.75, 3.05) is 0 Å². The molecule has 0 fully saturated rings. The molecule has 1 unspecified atom stereocenters. The third kappa shape index (κ3) is 3.99. The highest BCUT2D eigenvalue weighted by atomic mass is 79.9. The van der Waals surface area contributed by atoms with E-state index in [1.54, 1.807) is 24.3 Å². The topological polar surface area (TPSA) is 49.3 Å². The first-order valence-corrected chi connectivity index (χ1v) is 5.70. The van der Waals surface area contributed by atoms with E-state index in [0.717, 1.165) is 4.47 Å². The summed E-state index contributed by atoms with van der Waals surface area (Å²) in [5.41, 5.74) is 0.422. The number of hydrogen-bond acceptors (Lipinski definition) is 2. The summed E-state index contributed by atoms with van der Waals surface area (Å²) in [4.78, 5) is 10.4. The quantitative estimate of drug-likeness (QED) is 0.664. The minimum atomic E-state index is -1.27. The molecule has 0 aromatic heterocycles. The van der Waals surface area contributed by atoms with Gasteiger partial charge in [0.15, 0.2) is 11.1 Å². The highest BCUT2D eigenvalue weighted by Gasteiger charge is 2.16. The van der Waals surface area contributed by atoms with Crippen LogP contribution in [0.2, 0.25) is 0 Å². The lowest BCUT2D eigenvalue weighted by molar-refractivity contribution is 0.0809. The maximum Gasteiger partial charge on any atom is 0.253 e. The predicted molar refractivity (Wildman–Crippen MR) is 63.1 cm³/mol. The molecule has 0 aliphatic carbocycles. The van der Waals surface area contributed by atoms with Crippen LogP contribution in [-0.4, -0.2) is 22.1 Å². The normalized spacial score (nSPS) is 12.6. The number of nitrogens with one attached hydrogen (secondary N) is 1. The molecular weight excluding hydrogens is 305 g/mol. The van der Waals surface area contributed by atoms with E-state index >= 15 is 0 Å². The van der Waals surface area contributed by atoms with Crippen molar-refractivity contribution in [1.29, 1.82) is 0 Å². The molecule has 1 rings (SSSR count). The van der Waals surface area contributed by atoms with Crippen LogP contribution in [0.25, 0.3) is 0 Å². The van der Waals surface area contributed by atoms with Gasteiger partial charge in [0.05, 0.1) is 0 Å². The zero-order chi connectivity index (χ0) is 11.4. The molecule has 0 saturated carbocycles. The molecule has 0 heterocycles. The fraction of sp³-hybridized carbons (Fsp3) is 0.222. The molecule has 1 atom stereocenters. The molecule has 1 aromatic carbocycles. The van der Waals surface area contributed by atoms with Crippen molar-refractivity contribution in [3.05, 3.63) is 34.3 Å². The van der Waals surface area contributed by atoms with E-state index in [0.29, 0.717) is 5.56 Å². The average molecular weight is 313 g/mol. The number of aliphatic hydroxyl groups is 1. The standard InChI is InChI=1S/C9H8BrCl2NO2/c10-6-3-1-5(2-4-6)8(14)13-9(15)7(11)12/h1-4,7,9,15H,(H,13,14). The van der Waals surface area contributed by atoms with Gasteiger partial charge >= 0.3 is 0 Å². The first-order valence-electron chi connectivity index (χ1n) is 4.03. The van der Waals surface area contributed by atoms with Gasteiger partial charge in [0.25, 0.3) is 5.91 Å². The highest BCUT2D eigenvalue weighted by Crippen LogP contribution is 2.11. The van der Waals surface area contributed by atoms with Crippen molar-refractivity contribution in [2.24, 2.45) is 0 Å². The highest BCUT2D eigenvalue weighted by molar-refractivity contribution is 9.10. The SMILES string of the molecule is O=C(NC(O)C(Cl)Cl)c1ccc(Br)cc1. The van der Waals surface area contributed by atoms with E-state index in [9.17, 15) is 9.90 Å². The number of aliphatic hydroxyl groups excluding tert-OH is 1. The van der Waals surface area contributed by atoms with Gasteiger partial charge in [0, 0.05) is 10.0 Å². The van der Waals surface area contributed by atoms with Crippen LogP contribution in [-0.2, 0) is 0 Å². The molecule has 2 N–H and O–H groups in total. The minimum Gasteiger partial charge on any atom is -0.371 e. The zero-order valence-corrected chi connectivity index (χ0v) is 10.6. The van der Waals surface area contributed by atoms with Gasteiger partial charge in [-0.1, -0.05) is 15.9 Å². The summed E-state index contributed by atoms with van der Waals surface area (Å²) in [6.07, 6.45) is -1.27. The van der Waals surface area contributed by atoms with Crippen molar-refractivity contribution < 1.29 is 9.90 Å². The van der Waals surface area contributed by atoms with Gasteiger partial charge in [-0.3, -0.25) is 4.79 Å². The Balaban J connectivity index is 2.65. The Bertz CT molecular complexity index is 342. The van der Waals surface area contributed by atoms with Crippen molar-refractivity contribution in [3.8, 4) is 0 Å². The number of benzene rings is 1. The average Bonchev–Trinajstić information content (AvgIpc) is 2.18. The third-order valence-electron chi connectivity index (χ3n) is 1.62. The van der Waals surface area contributed by atoms with Crippen LogP contribution >= 0.6 is 39.1 Å². The molecule has 1 amide bonds. The number of hydrogen-bond donors (Lipinski definition) is 2. The van der Waals surface area contributed by atoms with E-state index in [4.69, 9.17) is 23.2 Å². The van der Waals surface area contributed by atoms with Crippen LogP contribution in [0.1, 0.15) is 10.4 Å². The maximum absolute atomic E-state index is 11.5. The number of halogens is 3. The molecule has 0 saturated heterocycles. The molecule has 0 aliphatic rings. The second-order valence-corrected chi connectivity index (χ2v) is 4.84. The summed E-state index contributed by atoms with van der Waals surface area (Å²) in [5, 5.41) is 11.5. The van der Waals surface area contributed by atoms with Gasteiger partial charge in [-0.2, -0.15) is 0 Å². The monoisotopic (exact) mass is 311 g/mol. The van der Waals surface area contributed by atoms with Crippen molar-refractivity contribution in [1.82, 2.24) is 5.32 Å². The lowest BCUT2D eigenvalue weighted by atomic mass is 10.2. The van der Waals surface area contributed by atoms with Crippen LogP contribution in [0, 0.1) is 0 Å². The van der Waals surface area contributed by atoms with Gasteiger partial charge in [-0.05, 0) is 24.3 Å². The van der Waals surface area contributed by atoms with Crippen molar-refractivity contribution >= 4 is 45.0 Å². The Hall–Kier alpha value is -0.290. The maximum atomic E-state index is 11.5. The van der Waals surface area contributed by atoms with Crippen molar-refractivity contribution in [2.45, 2.75) is 11.1 Å². The minimum absolute atomic E-state index is 0.422. The fourth-order valence-electron chi connectivity index (χ4n) is 0.882. The number of amides is 1. The van der Waals surface area contributed by atoms with Gasteiger partial charge in [0.1, 0.15) is 0 Å². The van der Waals surface area contributed by atoms with Crippen LogP contribution in [0.3, 0.4) is 0 Å². The van der Waals surface area contributed by atoms with Gasteiger partial charge in [-0.25, -0.2) is 0 Å². The molecule has 0 bridgehead atoms. The smallest absolute Gasteiger partial charge is 0.253 e. The lowest BCUT2D eigenvalue weighted by Crippen LogP contribution is -2.38. The Morgan fingerprint density at radius 3 is 2.33 bits per heavy atom. The van der Waals surface area contributed by atoms with E-state index in [2.05, 4.69) is 21.2 Å². The molecule has 0 aliphatic heterocycles. The van der Waals surface area contributed by atoms with E-state index in [-0.39, 0.29) is 0 Å². The van der Waals surface area contributed by atoms with E-state index in [1.165, 1.54) is 0 Å². The van der Waals surface area contributed by atoms with Crippen LogP contribution < -0.4 is 5.32 Å². The number of rotatable bonds is 3. The van der Waals surface area contributed by atoms with Gasteiger partial charge in [0.2, 0.25) is 0 Å². The number of carbonyl (C=O) groups excluding carboxylic acids is 1. The largest absolute Gasteiger partial charge is 0.371 e. The molecule has 1 aromatic rings. The molecule has 82 valence electrons. The van der Waals surface area contributed by atoms with Gasteiger partial charge < -0.3 is 10.4 Å². The molecule has 15 heavy (non-hydrogen) atoms. The van der Waals surface area contributed by atoms with E-state index in [1.807, 2.05) is 0 Å². The molecular formula is C9H8BrCl2NO2. The lowest BCUT2D eigenvalue weighted by Gasteiger charge is -2.13. The summed E-state index contributed by atoms with van der Waals surface area (Å²) in [7, 11) is 0. The Morgan fingerprint density at radius 1 is 1.33 bits per heavy atom. The first kappa shape index (κ1) is 12.8. The van der Waals surface area contributed by atoms with Crippen LogP contribution in [0.5, 0.6) is 0 Å². The summed E-state index contributed by atoms with van der Waals surface area (Å²) in [6, 6.07) is 6.67. The Kier molecular flexibility index (Phi) is 4.86. The second kappa shape index (κ2) is 5.70. The molecule has 6 heteroatoms. The first-order chi connectivity index (χ1) is 7.00. The predicted octanol–water partition coefficient (Wildman–Crippen LogP) is 2.30. The Labute approximate surface area is 106 Å². The zero-order valence-electron chi connectivity index (χ0n) is 7.45. The third-order valence-corrected chi connectivity index (χ3v) is 2.63. The Morgan fingerprint density at radius 2 is 1.87 bits per heavy atom. The van der Waals surface area contributed by atoms with Gasteiger partial charge in [-0.15, -0.1) is 23.2 Å². The number of carbonyl (C=O) groups is 1. The molecule has 0 spiro atoms. The summed E-state index contributed by atoms with van der Waals surface area (Å²) in [6.45, 7) is 0. The second-order valence-electron chi connectivity index (χ2n) is 2.76. The summed E-state index contributed by atoms with van der Waals surface area (Å²) < 4.78 is 0.868. The molecule has 3 nitrogen and oxygen atoms in total. The van der Waals surface area contributed by atoms with Crippen molar-refractivity contribution in [3.63, 3.8) is 0 Å². The number of alkyl halides is 2. The van der Waals surface area contributed by atoms with E-state index < -0.39 is 17.0 Å². The fourth-order valence-corrected chi connectivity index (χ4v) is 1.27. The molecule has 0 radical (unpaired) electrons. The summed E-state index contributed by atoms with van der Waals surface area (Å²) >= 11 is 14.0.